The molecular formula is C9H8BrClMgO. The Morgan fingerprint density at radius 3 is 2.85 bits per heavy atom. The fourth-order valence-electron chi connectivity index (χ4n) is 0.662. The fraction of sp³-hybridized carbons (Fsp3) is 0.111. The molecule has 0 heterocycles. The Hall–Kier alpha value is 0.296. The van der Waals surface area contributed by atoms with E-state index in [0.29, 0.717) is 17.4 Å². The first-order chi connectivity index (χ1) is 5.34. The molecule has 1 aromatic rings. The molecule has 0 aliphatic heterocycles. The van der Waals surface area contributed by atoms with Gasteiger partial charge in [0.05, 0.1) is 0 Å². The monoisotopic (exact) mass is 270 g/mol. The Morgan fingerprint density at radius 1 is 1.62 bits per heavy atom. The third-order valence-corrected chi connectivity index (χ3v) is 1.43. The summed E-state index contributed by atoms with van der Waals surface area (Å²) in [5, 5.41) is 0.578. The summed E-state index contributed by atoms with van der Waals surface area (Å²) in [7, 11) is 0. The van der Waals surface area contributed by atoms with Crippen molar-refractivity contribution in [2.45, 2.75) is 0 Å². The van der Waals surface area contributed by atoms with Gasteiger partial charge in [0.2, 0.25) is 0 Å². The summed E-state index contributed by atoms with van der Waals surface area (Å²) < 4.78 is 5.22. The quantitative estimate of drug-likeness (QED) is 0.403. The summed E-state index contributed by atoms with van der Waals surface area (Å²) in [4.78, 5) is 0. The van der Waals surface area contributed by atoms with E-state index >= 15 is 0 Å². The van der Waals surface area contributed by atoms with Gasteiger partial charge in [0.15, 0.2) is 0 Å². The fourth-order valence-corrected chi connectivity index (χ4v) is 0.842. The molecule has 0 aliphatic rings. The second-order valence-corrected chi connectivity index (χ2v) is 2.36. The molecular weight excluding hydrogens is 264 g/mol. The van der Waals surface area contributed by atoms with E-state index in [9.17, 15) is 0 Å². The number of hydrogen-bond acceptors (Lipinski definition) is 1. The predicted octanol–water partition coefficient (Wildman–Crippen LogP) is -0.672. The van der Waals surface area contributed by atoms with Crippen molar-refractivity contribution in [2.24, 2.45) is 0 Å². The van der Waals surface area contributed by atoms with Gasteiger partial charge in [0.1, 0.15) is 6.61 Å². The molecule has 66 valence electrons. The van der Waals surface area contributed by atoms with E-state index in [1.165, 1.54) is 0 Å². The molecule has 0 saturated heterocycles. The van der Waals surface area contributed by atoms with E-state index in [2.05, 4.69) is 12.6 Å². The summed E-state index contributed by atoms with van der Waals surface area (Å²) in [6, 6.07) is 8.03. The molecule has 13 heavy (non-hydrogen) atoms. The van der Waals surface area contributed by atoms with Gasteiger partial charge in [0.25, 0.3) is 0 Å². The van der Waals surface area contributed by atoms with Crippen LogP contribution in [0.15, 0.2) is 30.9 Å². The van der Waals surface area contributed by atoms with Crippen molar-refractivity contribution in [3.63, 3.8) is 0 Å². The smallest absolute Gasteiger partial charge is 1.00 e. The van der Waals surface area contributed by atoms with Crippen LogP contribution in [0, 0.1) is 6.07 Å². The minimum absolute atomic E-state index is 0. The third kappa shape index (κ3) is 5.57. The van der Waals surface area contributed by atoms with Crippen LogP contribution >= 0.6 is 11.6 Å². The van der Waals surface area contributed by atoms with E-state index in [-0.39, 0.29) is 40.0 Å². The molecule has 0 atom stereocenters. The number of rotatable bonds is 3. The van der Waals surface area contributed by atoms with Crippen LogP contribution < -0.4 is 21.7 Å². The predicted molar refractivity (Wildman–Crippen MR) is 51.7 cm³/mol. The molecule has 0 fully saturated rings. The van der Waals surface area contributed by atoms with Crippen LogP contribution in [-0.2, 0) is 0 Å². The van der Waals surface area contributed by atoms with Crippen molar-refractivity contribution in [3.05, 3.63) is 41.9 Å². The molecule has 1 aromatic carbocycles. The number of hydrogen-bond donors (Lipinski definition) is 0. The second-order valence-electron chi connectivity index (χ2n) is 1.96. The Labute approximate surface area is 110 Å². The van der Waals surface area contributed by atoms with Crippen molar-refractivity contribution in [3.8, 4) is 5.75 Å². The summed E-state index contributed by atoms with van der Waals surface area (Å²) >= 11 is 5.77. The van der Waals surface area contributed by atoms with Gasteiger partial charge in [-0.25, -0.2) is 0 Å². The molecule has 0 N–H and O–H groups in total. The zero-order valence-electron chi connectivity index (χ0n) is 7.09. The maximum absolute atomic E-state index is 5.77. The molecule has 0 unspecified atom stereocenters. The van der Waals surface area contributed by atoms with Gasteiger partial charge in [-0.05, 0) is 5.02 Å². The molecule has 0 saturated carbocycles. The normalized spacial score (nSPS) is 7.77. The standard InChI is InChI=1S/C9H8ClO.BrH.Mg/c1-2-7-11-9-6-4-3-5-8(9)10;;/h2,4-6H,1,7H2;1H;/q-1;;+2/p-1. The molecule has 0 spiro atoms. The van der Waals surface area contributed by atoms with E-state index in [4.69, 9.17) is 16.3 Å². The second kappa shape index (κ2) is 8.88. The van der Waals surface area contributed by atoms with E-state index in [0.717, 1.165) is 0 Å². The largest absolute Gasteiger partial charge is 2.00 e. The van der Waals surface area contributed by atoms with Crippen molar-refractivity contribution in [1.29, 1.82) is 0 Å². The minimum Gasteiger partial charge on any atom is -1.00 e. The van der Waals surface area contributed by atoms with Gasteiger partial charge in [-0.3, -0.25) is 0 Å². The van der Waals surface area contributed by atoms with Gasteiger partial charge >= 0.3 is 23.1 Å². The number of halogens is 2. The van der Waals surface area contributed by atoms with Crippen molar-refractivity contribution < 1.29 is 21.7 Å². The first-order valence-corrected chi connectivity index (χ1v) is 3.61. The zero-order valence-corrected chi connectivity index (χ0v) is 10.9. The first-order valence-electron chi connectivity index (χ1n) is 3.24. The van der Waals surface area contributed by atoms with E-state index in [1.54, 1.807) is 24.3 Å². The van der Waals surface area contributed by atoms with Crippen LogP contribution in [-0.4, -0.2) is 29.7 Å². The van der Waals surface area contributed by atoms with Gasteiger partial charge in [-0.15, -0.1) is 6.07 Å². The molecule has 0 amide bonds. The Balaban J connectivity index is 0. The van der Waals surface area contributed by atoms with Crippen LogP contribution in [0.3, 0.4) is 0 Å². The average molecular weight is 272 g/mol. The van der Waals surface area contributed by atoms with Gasteiger partial charge < -0.3 is 21.7 Å². The SMILES string of the molecule is C=CCOc1cc[c-]cc1Cl.[Br-].[Mg+2]. The van der Waals surface area contributed by atoms with Crippen molar-refractivity contribution in [1.82, 2.24) is 0 Å². The molecule has 0 aliphatic carbocycles. The Bertz CT molecular complexity index is 255. The third-order valence-electron chi connectivity index (χ3n) is 1.13. The van der Waals surface area contributed by atoms with E-state index in [1.807, 2.05) is 0 Å². The zero-order chi connectivity index (χ0) is 8.10. The minimum atomic E-state index is 0. The van der Waals surface area contributed by atoms with Gasteiger partial charge in [0, 0.05) is 5.75 Å². The topological polar surface area (TPSA) is 9.23 Å². The average Bonchev–Trinajstić information content (AvgIpc) is 2.03. The van der Waals surface area contributed by atoms with Gasteiger partial charge in [-0.1, -0.05) is 12.7 Å². The maximum Gasteiger partial charge on any atom is 2.00 e. The molecule has 0 aromatic heterocycles. The molecule has 1 rings (SSSR count). The van der Waals surface area contributed by atoms with Crippen molar-refractivity contribution >= 4 is 34.7 Å². The number of ether oxygens (including phenoxy) is 1. The molecule has 4 heteroatoms. The first kappa shape index (κ1) is 15.8. The maximum atomic E-state index is 5.77. The van der Waals surface area contributed by atoms with Crippen molar-refractivity contribution in [2.75, 3.05) is 6.61 Å². The van der Waals surface area contributed by atoms with Crippen LogP contribution in [0.1, 0.15) is 0 Å². The van der Waals surface area contributed by atoms with E-state index < -0.39 is 0 Å². The number of benzene rings is 1. The van der Waals surface area contributed by atoms with Crippen LogP contribution in [0.5, 0.6) is 5.75 Å². The Kier molecular flexibility index (Phi) is 10.8. The molecule has 1 nitrogen and oxygen atoms in total. The summed E-state index contributed by atoms with van der Waals surface area (Å²) in [6.45, 7) is 4.01. The summed E-state index contributed by atoms with van der Waals surface area (Å²) in [5.74, 6) is 0.672. The van der Waals surface area contributed by atoms with Crippen LogP contribution in [0.2, 0.25) is 5.02 Å². The summed E-state index contributed by atoms with van der Waals surface area (Å²) in [5.41, 5.74) is 0. The van der Waals surface area contributed by atoms with Crippen LogP contribution in [0.4, 0.5) is 0 Å². The van der Waals surface area contributed by atoms with Gasteiger partial charge in [-0.2, -0.15) is 29.8 Å². The Morgan fingerprint density at radius 2 is 2.31 bits per heavy atom. The molecule has 0 bridgehead atoms. The summed E-state index contributed by atoms with van der Waals surface area (Å²) in [6.07, 6.45) is 1.67. The molecule has 0 radical (unpaired) electrons. The van der Waals surface area contributed by atoms with Crippen LogP contribution in [0.25, 0.3) is 0 Å².